The molecule has 5 nitrogen and oxygen atoms in total. The summed E-state index contributed by atoms with van der Waals surface area (Å²) in [6.45, 7) is 2.20. The summed E-state index contributed by atoms with van der Waals surface area (Å²) >= 11 is 6.01. The van der Waals surface area contributed by atoms with E-state index >= 15 is 0 Å². The molecule has 24 heavy (non-hydrogen) atoms. The number of benzene rings is 2. The first-order chi connectivity index (χ1) is 11.2. The third kappa shape index (κ3) is 6.58. The van der Waals surface area contributed by atoms with E-state index in [2.05, 4.69) is 34.9 Å². The molecule has 2 aromatic rings. The van der Waals surface area contributed by atoms with Gasteiger partial charge in [0.1, 0.15) is 0 Å². The van der Waals surface area contributed by atoms with Crippen LogP contribution in [0.1, 0.15) is 5.56 Å². The molecule has 0 aliphatic heterocycles. The lowest BCUT2D eigenvalue weighted by Crippen LogP contribution is -2.22. The highest BCUT2D eigenvalue weighted by atomic mass is 35.5. The fourth-order valence-electron chi connectivity index (χ4n) is 1.99. The van der Waals surface area contributed by atoms with Crippen molar-refractivity contribution in [3.63, 3.8) is 0 Å². The first-order valence-electron chi connectivity index (χ1n) is 7.27. The summed E-state index contributed by atoms with van der Waals surface area (Å²) in [6, 6.07) is 14.5. The molecule has 2 aromatic carbocycles. The second kappa shape index (κ2) is 10.6. The molecular formula is C17H19Cl2N3O2. The average molecular weight is 368 g/mol. The maximum absolute atomic E-state index is 10.6. The quantitative estimate of drug-likeness (QED) is 0.412. The molecular weight excluding hydrogens is 349 g/mol. The van der Waals surface area contributed by atoms with Crippen molar-refractivity contribution in [2.24, 2.45) is 0 Å². The van der Waals surface area contributed by atoms with Gasteiger partial charge >= 0.3 is 0 Å². The van der Waals surface area contributed by atoms with Crippen molar-refractivity contribution >= 4 is 41.5 Å². The predicted octanol–water partition coefficient (Wildman–Crippen LogP) is 4.38. The molecule has 0 fully saturated rings. The van der Waals surface area contributed by atoms with E-state index in [1.54, 1.807) is 6.07 Å². The summed E-state index contributed by atoms with van der Waals surface area (Å²) in [5, 5.41) is 17.4. The Balaban J connectivity index is 0.00000288. The van der Waals surface area contributed by atoms with Gasteiger partial charge in [-0.3, -0.25) is 10.1 Å². The van der Waals surface area contributed by atoms with Crippen molar-refractivity contribution < 1.29 is 4.92 Å². The third-order valence-corrected chi connectivity index (χ3v) is 3.47. The Morgan fingerprint density at radius 1 is 1.12 bits per heavy atom. The van der Waals surface area contributed by atoms with Crippen molar-refractivity contribution in [2.75, 3.05) is 25.0 Å². The van der Waals surface area contributed by atoms with Crippen LogP contribution in [0.15, 0.2) is 54.6 Å². The first kappa shape index (κ1) is 20.0. The topological polar surface area (TPSA) is 67.2 Å². The van der Waals surface area contributed by atoms with Crippen LogP contribution >= 0.6 is 24.0 Å². The fourth-order valence-corrected chi connectivity index (χ4v) is 2.23. The predicted molar refractivity (Wildman–Crippen MR) is 102 cm³/mol. The summed E-state index contributed by atoms with van der Waals surface area (Å²) in [4.78, 5) is 10.2. The van der Waals surface area contributed by atoms with Gasteiger partial charge in [-0.2, -0.15) is 0 Å². The molecule has 0 atom stereocenters. The molecule has 0 heterocycles. The number of halogens is 2. The Hall–Kier alpha value is -2.08. The Morgan fingerprint density at radius 2 is 1.88 bits per heavy atom. The van der Waals surface area contributed by atoms with E-state index in [1.807, 2.05) is 18.2 Å². The minimum atomic E-state index is -0.462. The van der Waals surface area contributed by atoms with Crippen molar-refractivity contribution in [3.8, 4) is 0 Å². The number of non-ortho nitro benzene ring substituents is 1. The molecule has 0 saturated carbocycles. The Labute approximate surface area is 152 Å². The highest BCUT2D eigenvalue weighted by Gasteiger charge is 2.08. The summed E-state index contributed by atoms with van der Waals surface area (Å²) < 4.78 is 0. The number of nitrogens with one attached hydrogen (secondary N) is 2. The van der Waals surface area contributed by atoms with E-state index in [0.29, 0.717) is 17.3 Å². The standard InChI is InChI=1S/C17H18ClN3O2.ClH/c18-16-13-15(21(22)23)8-9-17(16)20-12-11-19-10-4-7-14-5-2-1-3-6-14;/h1-9,13,19-20H,10-12H2;1H/b7-4+;. The Bertz CT molecular complexity index is 679. The molecule has 0 unspecified atom stereocenters. The SMILES string of the molecule is Cl.O=[N+]([O-])c1ccc(NCCNC/C=C/c2ccccc2)c(Cl)c1. The molecule has 7 heteroatoms. The van der Waals surface area contributed by atoms with Crippen LogP contribution in [0, 0.1) is 10.1 Å². The molecule has 2 N–H and O–H groups in total. The Morgan fingerprint density at radius 3 is 2.54 bits per heavy atom. The van der Waals surface area contributed by atoms with Gasteiger partial charge < -0.3 is 10.6 Å². The van der Waals surface area contributed by atoms with Gasteiger partial charge in [-0.05, 0) is 11.6 Å². The lowest BCUT2D eigenvalue weighted by atomic mass is 10.2. The van der Waals surface area contributed by atoms with E-state index in [-0.39, 0.29) is 18.1 Å². The molecule has 128 valence electrons. The highest BCUT2D eigenvalue weighted by Crippen LogP contribution is 2.26. The van der Waals surface area contributed by atoms with Crippen LogP contribution in [0.3, 0.4) is 0 Å². The molecule has 0 saturated heterocycles. The van der Waals surface area contributed by atoms with Gasteiger partial charge in [0.05, 0.1) is 15.6 Å². The largest absolute Gasteiger partial charge is 0.383 e. The Kier molecular flexibility index (Phi) is 8.86. The number of nitrogens with zero attached hydrogens (tertiary/aromatic N) is 1. The minimum absolute atomic E-state index is 0. The summed E-state index contributed by atoms with van der Waals surface area (Å²) in [7, 11) is 0. The van der Waals surface area contributed by atoms with Gasteiger partial charge in [0.15, 0.2) is 0 Å². The summed E-state index contributed by atoms with van der Waals surface area (Å²) in [6.07, 6.45) is 4.13. The fraction of sp³-hybridized carbons (Fsp3) is 0.176. The zero-order valence-electron chi connectivity index (χ0n) is 12.9. The van der Waals surface area contributed by atoms with E-state index in [9.17, 15) is 10.1 Å². The second-order valence-corrected chi connectivity index (χ2v) is 5.27. The molecule has 0 aliphatic rings. The lowest BCUT2D eigenvalue weighted by molar-refractivity contribution is -0.384. The number of rotatable bonds is 8. The molecule has 0 radical (unpaired) electrons. The van der Waals surface area contributed by atoms with Crippen LogP contribution < -0.4 is 10.6 Å². The van der Waals surface area contributed by atoms with Crippen molar-refractivity contribution in [3.05, 3.63) is 75.3 Å². The maximum Gasteiger partial charge on any atom is 0.271 e. The van der Waals surface area contributed by atoms with Crippen LogP contribution in [-0.2, 0) is 0 Å². The summed E-state index contributed by atoms with van der Waals surface area (Å²) in [5.74, 6) is 0. The molecule has 0 aliphatic carbocycles. The number of anilines is 1. The molecule has 2 rings (SSSR count). The highest BCUT2D eigenvalue weighted by molar-refractivity contribution is 6.33. The summed E-state index contributed by atoms with van der Waals surface area (Å²) in [5.41, 5.74) is 1.86. The van der Waals surface area contributed by atoms with Crippen LogP contribution in [0.4, 0.5) is 11.4 Å². The van der Waals surface area contributed by atoms with Crippen molar-refractivity contribution in [1.82, 2.24) is 5.32 Å². The van der Waals surface area contributed by atoms with Crippen molar-refractivity contribution in [1.29, 1.82) is 0 Å². The molecule has 0 aromatic heterocycles. The van der Waals surface area contributed by atoms with Crippen LogP contribution in [0.25, 0.3) is 6.08 Å². The average Bonchev–Trinajstić information content (AvgIpc) is 2.56. The molecule has 0 amide bonds. The zero-order valence-corrected chi connectivity index (χ0v) is 14.5. The number of nitro groups is 1. The number of hydrogen-bond acceptors (Lipinski definition) is 4. The normalized spacial score (nSPS) is 10.4. The van der Waals surface area contributed by atoms with Crippen LogP contribution in [0.2, 0.25) is 5.02 Å². The molecule has 0 bridgehead atoms. The maximum atomic E-state index is 10.6. The van der Waals surface area contributed by atoms with Gasteiger partial charge in [0, 0.05) is 31.8 Å². The van der Waals surface area contributed by atoms with Crippen molar-refractivity contribution in [2.45, 2.75) is 0 Å². The second-order valence-electron chi connectivity index (χ2n) is 4.87. The van der Waals surface area contributed by atoms with Crippen LogP contribution in [0.5, 0.6) is 0 Å². The number of hydrogen-bond donors (Lipinski definition) is 2. The third-order valence-electron chi connectivity index (χ3n) is 3.15. The van der Waals surface area contributed by atoms with Gasteiger partial charge in [0.2, 0.25) is 0 Å². The van der Waals surface area contributed by atoms with Crippen LogP contribution in [-0.4, -0.2) is 24.6 Å². The molecule has 0 spiro atoms. The smallest absolute Gasteiger partial charge is 0.271 e. The van der Waals surface area contributed by atoms with E-state index < -0.39 is 4.92 Å². The van der Waals surface area contributed by atoms with Gasteiger partial charge in [-0.25, -0.2) is 0 Å². The lowest BCUT2D eigenvalue weighted by Gasteiger charge is -2.08. The first-order valence-corrected chi connectivity index (χ1v) is 7.65. The monoisotopic (exact) mass is 367 g/mol. The van der Waals surface area contributed by atoms with Gasteiger partial charge in [-0.1, -0.05) is 54.1 Å². The zero-order chi connectivity index (χ0) is 16.5. The van der Waals surface area contributed by atoms with E-state index in [0.717, 1.165) is 13.1 Å². The van der Waals surface area contributed by atoms with Gasteiger partial charge in [0.25, 0.3) is 5.69 Å². The van der Waals surface area contributed by atoms with Gasteiger partial charge in [-0.15, -0.1) is 12.4 Å². The number of nitro benzene ring substituents is 1. The van der Waals surface area contributed by atoms with E-state index in [1.165, 1.54) is 17.7 Å². The minimum Gasteiger partial charge on any atom is -0.383 e. The van der Waals surface area contributed by atoms with E-state index in [4.69, 9.17) is 11.6 Å².